The number of phenols is 1. The third kappa shape index (κ3) is 4.06. The highest BCUT2D eigenvalue weighted by Gasteiger charge is 2.09. The average molecular weight is 352 g/mol. The van der Waals surface area contributed by atoms with Crippen molar-refractivity contribution in [2.75, 3.05) is 20.7 Å². The number of carbonyl (C=O) groups is 1. The van der Waals surface area contributed by atoms with Crippen molar-refractivity contribution in [3.8, 4) is 11.5 Å². The van der Waals surface area contributed by atoms with Gasteiger partial charge in [0.25, 0.3) is 0 Å². The van der Waals surface area contributed by atoms with Crippen molar-refractivity contribution < 1.29 is 14.6 Å². The largest absolute Gasteiger partial charge is 0.508 e. The summed E-state index contributed by atoms with van der Waals surface area (Å²) in [5.41, 5.74) is 2.91. The normalized spacial score (nSPS) is 11.2. The molecule has 0 aliphatic rings. The van der Waals surface area contributed by atoms with E-state index in [0.717, 1.165) is 49.0 Å². The Labute approximate surface area is 153 Å². The highest BCUT2D eigenvalue weighted by Crippen LogP contribution is 2.25. The van der Waals surface area contributed by atoms with Crippen LogP contribution in [0.15, 0.2) is 48.7 Å². The minimum Gasteiger partial charge on any atom is -0.508 e. The van der Waals surface area contributed by atoms with E-state index in [1.54, 1.807) is 19.2 Å². The maximum absolute atomic E-state index is 11.4. The zero-order chi connectivity index (χ0) is 18.5. The van der Waals surface area contributed by atoms with Crippen molar-refractivity contribution in [3.63, 3.8) is 0 Å². The van der Waals surface area contributed by atoms with E-state index in [4.69, 9.17) is 4.74 Å². The highest BCUT2D eigenvalue weighted by molar-refractivity contribution is 5.98. The van der Waals surface area contributed by atoms with Crippen LogP contribution in [0.1, 0.15) is 22.3 Å². The molecule has 0 aliphatic heterocycles. The maximum Gasteiger partial charge on any atom is 0.152 e. The van der Waals surface area contributed by atoms with Gasteiger partial charge >= 0.3 is 0 Å². The highest BCUT2D eigenvalue weighted by atomic mass is 16.5. The quantitative estimate of drug-likeness (QED) is 0.628. The number of aromatic nitrogens is 1. The van der Waals surface area contributed by atoms with Crippen LogP contribution in [0.4, 0.5) is 0 Å². The average Bonchev–Trinajstić information content (AvgIpc) is 3.00. The van der Waals surface area contributed by atoms with Crippen molar-refractivity contribution in [2.45, 2.75) is 19.5 Å². The first kappa shape index (κ1) is 18.0. The first-order chi connectivity index (χ1) is 12.6. The van der Waals surface area contributed by atoms with Crippen LogP contribution in [0, 0.1) is 0 Å². The van der Waals surface area contributed by atoms with Crippen LogP contribution in [0.2, 0.25) is 0 Å². The molecule has 2 aromatic carbocycles. The van der Waals surface area contributed by atoms with E-state index in [-0.39, 0.29) is 0 Å². The number of benzene rings is 2. The zero-order valence-corrected chi connectivity index (χ0v) is 15.2. The third-order valence-electron chi connectivity index (χ3n) is 4.57. The van der Waals surface area contributed by atoms with E-state index in [9.17, 15) is 9.90 Å². The fourth-order valence-corrected chi connectivity index (χ4v) is 3.21. The molecule has 5 heteroatoms. The zero-order valence-electron chi connectivity index (χ0n) is 15.2. The van der Waals surface area contributed by atoms with Gasteiger partial charge in [0, 0.05) is 35.8 Å². The lowest BCUT2D eigenvalue weighted by molar-refractivity contribution is 0.112. The van der Waals surface area contributed by atoms with Crippen LogP contribution < -0.4 is 4.74 Å². The Balaban J connectivity index is 1.62. The number of aromatic hydroxyl groups is 1. The number of carbonyl (C=O) groups excluding carboxylic acids is 1. The molecule has 0 saturated carbocycles. The number of methoxy groups -OCH3 is 1. The SMILES string of the molecule is COc1ccc2c(c1)c(C=O)cn2CCCN(C)Cc1ccc(O)cc1. The topological polar surface area (TPSA) is 54.7 Å². The summed E-state index contributed by atoms with van der Waals surface area (Å²) in [4.78, 5) is 13.6. The van der Waals surface area contributed by atoms with Gasteiger partial charge in [0.05, 0.1) is 7.11 Å². The van der Waals surface area contributed by atoms with Crippen LogP contribution in [0.3, 0.4) is 0 Å². The Morgan fingerprint density at radius 2 is 1.96 bits per heavy atom. The van der Waals surface area contributed by atoms with E-state index in [0.29, 0.717) is 11.3 Å². The second kappa shape index (κ2) is 8.06. The molecular weight excluding hydrogens is 328 g/mol. The van der Waals surface area contributed by atoms with Gasteiger partial charge in [-0.05, 0) is 55.9 Å². The van der Waals surface area contributed by atoms with Crippen molar-refractivity contribution in [3.05, 3.63) is 59.8 Å². The van der Waals surface area contributed by atoms with E-state index in [2.05, 4.69) is 16.5 Å². The van der Waals surface area contributed by atoms with Crippen LogP contribution in [-0.4, -0.2) is 41.6 Å². The molecule has 0 amide bonds. The fourth-order valence-electron chi connectivity index (χ4n) is 3.21. The summed E-state index contributed by atoms with van der Waals surface area (Å²) in [5, 5.41) is 10.3. The Bertz CT molecular complexity index is 884. The minimum absolute atomic E-state index is 0.290. The minimum atomic E-state index is 0.290. The fraction of sp³-hybridized carbons (Fsp3) is 0.286. The van der Waals surface area contributed by atoms with E-state index in [1.807, 2.05) is 36.5 Å². The first-order valence-corrected chi connectivity index (χ1v) is 8.69. The second-order valence-corrected chi connectivity index (χ2v) is 6.54. The summed E-state index contributed by atoms with van der Waals surface area (Å²) in [6.45, 7) is 2.62. The molecule has 3 aromatic rings. The molecule has 5 nitrogen and oxygen atoms in total. The van der Waals surface area contributed by atoms with Gasteiger partial charge in [0.2, 0.25) is 0 Å². The Morgan fingerprint density at radius 3 is 2.65 bits per heavy atom. The summed E-state index contributed by atoms with van der Waals surface area (Å²) >= 11 is 0. The summed E-state index contributed by atoms with van der Waals surface area (Å²) in [6.07, 6.45) is 3.79. The molecule has 3 rings (SSSR count). The number of aryl methyl sites for hydroxylation is 1. The molecule has 0 atom stereocenters. The van der Waals surface area contributed by atoms with Crippen molar-refractivity contribution in [1.29, 1.82) is 0 Å². The number of hydrogen-bond acceptors (Lipinski definition) is 4. The van der Waals surface area contributed by atoms with Gasteiger partial charge in [-0.1, -0.05) is 12.1 Å². The monoisotopic (exact) mass is 352 g/mol. The number of phenolic OH excluding ortho intramolecular Hbond substituents is 1. The smallest absolute Gasteiger partial charge is 0.152 e. The molecule has 1 N–H and O–H groups in total. The molecule has 0 saturated heterocycles. The molecule has 26 heavy (non-hydrogen) atoms. The van der Waals surface area contributed by atoms with Gasteiger partial charge in [-0.15, -0.1) is 0 Å². The van der Waals surface area contributed by atoms with Crippen molar-refractivity contribution >= 4 is 17.2 Å². The molecule has 1 heterocycles. The molecule has 0 aliphatic carbocycles. The molecule has 0 radical (unpaired) electrons. The van der Waals surface area contributed by atoms with Gasteiger partial charge < -0.3 is 19.3 Å². The summed E-state index contributed by atoms with van der Waals surface area (Å²) < 4.78 is 7.39. The summed E-state index contributed by atoms with van der Waals surface area (Å²) in [7, 11) is 3.71. The lowest BCUT2D eigenvalue weighted by atomic mass is 10.2. The number of rotatable bonds is 8. The summed E-state index contributed by atoms with van der Waals surface area (Å²) in [6, 6.07) is 13.1. The first-order valence-electron chi connectivity index (χ1n) is 8.69. The number of nitrogens with zero attached hydrogens (tertiary/aromatic N) is 2. The Kier molecular flexibility index (Phi) is 5.58. The van der Waals surface area contributed by atoms with Crippen molar-refractivity contribution in [2.24, 2.45) is 0 Å². The molecular formula is C21H24N2O3. The lowest BCUT2D eigenvalue weighted by Gasteiger charge is -2.17. The number of hydrogen-bond donors (Lipinski definition) is 1. The van der Waals surface area contributed by atoms with Gasteiger partial charge in [0.15, 0.2) is 6.29 Å². The van der Waals surface area contributed by atoms with Crippen molar-refractivity contribution in [1.82, 2.24) is 9.47 Å². The number of ether oxygens (including phenoxy) is 1. The molecule has 1 aromatic heterocycles. The molecule has 0 unspecified atom stereocenters. The molecule has 0 bridgehead atoms. The van der Waals surface area contributed by atoms with E-state index < -0.39 is 0 Å². The molecule has 0 fully saturated rings. The predicted molar refractivity (Wildman–Crippen MR) is 103 cm³/mol. The van der Waals surface area contributed by atoms with Crippen LogP contribution >= 0.6 is 0 Å². The molecule has 136 valence electrons. The second-order valence-electron chi connectivity index (χ2n) is 6.54. The number of fused-ring (bicyclic) bond motifs is 1. The molecule has 0 spiro atoms. The predicted octanol–water partition coefficient (Wildman–Crippen LogP) is 3.69. The lowest BCUT2D eigenvalue weighted by Crippen LogP contribution is -2.20. The third-order valence-corrected chi connectivity index (χ3v) is 4.57. The van der Waals surface area contributed by atoms with Crippen LogP contribution in [-0.2, 0) is 13.1 Å². The van der Waals surface area contributed by atoms with Gasteiger partial charge in [-0.25, -0.2) is 0 Å². The van der Waals surface area contributed by atoms with Gasteiger partial charge in [0.1, 0.15) is 11.5 Å². The van der Waals surface area contributed by atoms with Crippen LogP contribution in [0.5, 0.6) is 11.5 Å². The van der Waals surface area contributed by atoms with E-state index in [1.165, 1.54) is 5.56 Å². The van der Waals surface area contributed by atoms with Gasteiger partial charge in [-0.2, -0.15) is 0 Å². The summed E-state index contributed by atoms with van der Waals surface area (Å²) in [5.74, 6) is 1.05. The van der Waals surface area contributed by atoms with E-state index >= 15 is 0 Å². The standard InChI is InChI=1S/C21H24N2O3/c1-22(13-16-4-6-18(25)7-5-16)10-3-11-23-14-17(15-24)20-12-19(26-2)8-9-21(20)23/h4-9,12,14-15,25H,3,10-11,13H2,1-2H3. The van der Waals surface area contributed by atoms with Crippen LogP contribution in [0.25, 0.3) is 10.9 Å². The Hall–Kier alpha value is -2.79. The van der Waals surface area contributed by atoms with Gasteiger partial charge in [-0.3, -0.25) is 4.79 Å². The number of aldehydes is 1. The Morgan fingerprint density at radius 1 is 1.19 bits per heavy atom. The maximum atomic E-state index is 11.4.